The van der Waals surface area contributed by atoms with Gasteiger partial charge in [-0.25, -0.2) is 4.39 Å². The van der Waals surface area contributed by atoms with Gasteiger partial charge in [0, 0.05) is 30.0 Å². The Hall–Kier alpha value is -5.49. The molecule has 4 aromatic rings. The summed E-state index contributed by atoms with van der Waals surface area (Å²) in [6.45, 7) is 6.85. The number of guanidine groups is 1. The third kappa shape index (κ3) is 12.4. The molecule has 4 rings (SSSR count). The number of carboxylic acid groups (broad SMARTS) is 1. The number of aliphatic imine (C=N–C) groups is 1. The highest BCUT2D eigenvalue weighted by Gasteiger charge is 2.30. The molecule has 51 heavy (non-hydrogen) atoms. The van der Waals surface area contributed by atoms with Crippen molar-refractivity contribution in [3.8, 4) is 22.4 Å². The van der Waals surface area contributed by atoms with Crippen LogP contribution in [0.15, 0.2) is 89.9 Å². The molecule has 1 unspecified atom stereocenters. The van der Waals surface area contributed by atoms with E-state index in [1.54, 1.807) is 12.1 Å². The van der Waals surface area contributed by atoms with Gasteiger partial charge in [0.15, 0.2) is 5.96 Å². The number of aliphatic hydroxyl groups is 1. The predicted molar refractivity (Wildman–Crippen MR) is 200 cm³/mol. The maximum Gasteiger partial charge on any atom is 0.322 e. The minimum Gasteiger partial charge on any atom is -0.480 e. The van der Waals surface area contributed by atoms with Crippen molar-refractivity contribution < 1.29 is 29.0 Å². The molecule has 0 radical (unpaired) electrons. The summed E-state index contributed by atoms with van der Waals surface area (Å²) in [7, 11) is 0. The van der Waals surface area contributed by atoms with E-state index in [9.17, 15) is 23.9 Å². The van der Waals surface area contributed by atoms with Crippen molar-refractivity contribution in [2.75, 3.05) is 18.4 Å². The minimum atomic E-state index is -1.15. The molecule has 8 N–H and O–H groups in total. The average Bonchev–Trinajstić information content (AvgIpc) is 3.45. The van der Waals surface area contributed by atoms with Crippen molar-refractivity contribution in [3.63, 3.8) is 0 Å². The maximum absolute atomic E-state index is 14.1. The SMILES string of the molecule is CC(C)c1c(C(=O)Nc2ccccc2)c(-c2ccccc2)c(-c2ccc(F)cc2)n1CCCCC(O)CC(=O)NCC(=O)O.CCCN=C(N)N. The quantitative estimate of drug-likeness (QED) is 0.0461. The molecule has 11 nitrogen and oxygen atoms in total. The van der Waals surface area contributed by atoms with Gasteiger partial charge < -0.3 is 36.9 Å². The van der Waals surface area contributed by atoms with Crippen LogP contribution in [-0.2, 0) is 16.1 Å². The summed E-state index contributed by atoms with van der Waals surface area (Å²) in [5, 5.41) is 24.5. The number of nitrogens with zero attached hydrogens (tertiary/aromatic N) is 2. The fourth-order valence-corrected chi connectivity index (χ4v) is 5.66. The van der Waals surface area contributed by atoms with Crippen LogP contribution in [0.5, 0.6) is 0 Å². The summed E-state index contributed by atoms with van der Waals surface area (Å²) < 4.78 is 16.2. The van der Waals surface area contributed by atoms with Crippen LogP contribution in [0.3, 0.4) is 0 Å². The Morgan fingerprint density at radius 3 is 2.08 bits per heavy atom. The third-order valence-electron chi connectivity index (χ3n) is 7.83. The standard InChI is InChI=1S/C35H38FN3O5.C4H11N3/c1-23(2)33-32(35(44)38-27-13-7-4-8-14-27)31(24-11-5-3-6-12-24)34(25-16-18-26(36)19-17-25)39(33)20-10-9-15-28(40)21-29(41)37-22-30(42)43;1-2-3-7-4(5)6/h3-8,11-14,16-19,23,28,40H,9-10,15,20-22H2,1-2H3,(H,37,41)(H,38,44)(H,42,43);2-3H2,1H3,(H4,5,6,7). The number of nitrogens with two attached hydrogens (primary N) is 2. The van der Waals surface area contributed by atoms with Crippen molar-refractivity contribution in [1.29, 1.82) is 0 Å². The lowest BCUT2D eigenvalue weighted by Crippen LogP contribution is -2.31. The Morgan fingerprint density at radius 2 is 1.53 bits per heavy atom. The van der Waals surface area contributed by atoms with Gasteiger partial charge in [0.2, 0.25) is 5.91 Å². The number of nitrogens with one attached hydrogen (secondary N) is 2. The van der Waals surface area contributed by atoms with Crippen molar-refractivity contribution in [2.45, 2.75) is 71.4 Å². The molecule has 12 heteroatoms. The van der Waals surface area contributed by atoms with Crippen molar-refractivity contribution in [3.05, 3.63) is 102 Å². The lowest BCUT2D eigenvalue weighted by molar-refractivity contribution is -0.138. The second-order valence-electron chi connectivity index (χ2n) is 12.3. The number of unbranched alkanes of at least 4 members (excludes halogenated alkanes) is 1. The Balaban J connectivity index is 0.000000908. The Morgan fingerprint density at radius 1 is 0.902 bits per heavy atom. The minimum absolute atomic E-state index is 0.0493. The van der Waals surface area contributed by atoms with Crippen LogP contribution < -0.4 is 22.1 Å². The first-order valence-corrected chi connectivity index (χ1v) is 17.1. The number of carboxylic acids is 1. The second kappa shape index (κ2) is 20.2. The molecule has 1 atom stereocenters. The molecule has 0 aliphatic carbocycles. The number of aromatic nitrogens is 1. The second-order valence-corrected chi connectivity index (χ2v) is 12.3. The molecule has 0 saturated heterocycles. The number of hydrogen-bond donors (Lipinski definition) is 6. The molecule has 0 spiro atoms. The highest BCUT2D eigenvalue weighted by atomic mass is 19.1. The first-order chi connectivity index (χ1) is 24.4. The van der Waals surface area contributed by atoms with Crippen LogP contribution in [0.1, 0.15) is 74.8 Å². The van der Waals surface area contributed by atoms with Crippen LogP contribution in [0, 0.1) is 5.82 Å². The number of anilines is 1. The van der Waals surface area contributed by atoms with E-state index in [2.05, 4.69) is 20.2 Å². The van der Waals surface area contributed by atoms with Gasteiger partial charge in [0.1, 0.15) is 12.4 Å². The molecular weight excluding hydrogens is 651 g/mol. The number of aliphatic carboxylic acids is 1. The zero-order valence-corrected chi connectivity index (χ0v) is 29.4. The third-order valence-corrected chi connectivity index (χ3v) is 7.83. The Labute approximate surface area is 298 Å². The zero-order valence-electron chi connectivity index (χ0n) is 29.4. The number of rotatable bonds is 16. The van der Waals surface area contributed by atoms with Gasteiger partial charge in [-0.05, 0) is 79.1 Å². The van der Waals surface area contributed by atoms with E-state index in [4.69, 9.17) is 16.6 Å². The largest absolute Gasteiger partial charge is 0.480 e. The van der Waals surface area contributed by atoms with E-state index in [1.165, 1.54) is 12.1 Å². The maximum atomic E-state index is 14.1. The summed E-state index contributed by atoms with van der Waals surface area (Å²) in [5.41, 5.74) is 15.2. The predicted octanol–water partition coefficient (Wildman–Crippen LogP) is 6.13. The number of amides is 2. The van der Waals surface area contributed by atoms with E-state index in [1.807, 2.05) is 81.4 Å². The molecule has 1 aromatic heterocycles. The Bertz CT molecular complexity index is 1740. The van der Waals surface area contributed by atoms with Crippen LogP contribution in [0.25, 0.3) is 22.4 Å². The van der Waals surface area contributed by atoms with Crippen molar-refractivity contribution in [2.24, 2.45) is 16.5 Å². The van der Waals surface area contributed by atoms with Crippen molar-refractivity contribution in [1.82, 2.24) is 9.88 Å². The van der Waals surface area contributed by atoms with Gasteiger partial charge in [0.05, 0.1) is 23.8 Å². The van der Waals surface area contributed by atoms with E-state index in [0.717, 1.165) is 41.0 Å². The summed E-state index contributed by atoms with van der Waals surface area (Å²) in [6.07, 6.45) is 1.45. The molecule has 0 aliphatic rings. The van der Waals surface area contributed by atoms with Gasteiger partial charge in [-0.2, -0.15) is 0 Å². The van der Waals surface area contributed by atoms with Crippen LogP contribution >= 0.6 is 0 Å². The summed E-state index contributed by atoms with van der Waals surface area (Å²) >= 11 is 0. The fourth-order valence-electron chi connectivity index (χ4n) is 5.66. The van der Waals surface area contributed by atoms with Gasteiger partial charge in [-0.3, -0.25) is 19.4 Å². The first kappa shape index (κ1) is 39.9. The molecule has 272 valence electrons. The number of benzene rings is 3. The molecule has 3 aromatic carbocycles. The van der Waals surface area contributed by atoms with E-state index in [0.29, 0.717) is 37.1 Å². The van der Waals surface area contributed by atoms with E-state index >= 15 is 0 Å². The summed E-state index contributed by atoms with van der Waals surface area (Å²) in [4.78, 5) is 40.4. The van der Waals surface area contributed by atoms with Crippen LogP contribution in [0.4, 0.5) is 10.1 Å². The highest BCUT2D eigenvalue weighted by molar-refractivity contribution is 6.12. The van der Waals surface area contributed by atoms with Gasteiger partial charge in [0.25, 0.3) is 5.91 Å². The van der Waals surface area contributed by atoms with E-state index < -0.39 is 24.5 Å². The number of hydrogen-bond acceptors (Lipinski definition) is 5. The zero-order chi connectivity index (χ0) is 37.3. The average molecular weight is 701 g/mol. The number of para-hydroxylation sites is 1. The first-order valence-electron chi connectivity index (χ1n) is 17.1. The summed E-state index contributed by atoms with van der Waals surface area (Å²) in [5.74, 6) is -2.14. The monoisotopic (exact) mass is 700 g/mol. The molecular formula is C39H49FN6O5. The molecule has 2 amide bonds. The van der Waals surface area contributed by atoms with Gasteiger partial charge in [-0.15, -0.1) is 0 Å². The fraction of sp³-hybridized carbons (Fsp3) is 0.333. The normalized spacial score (nSPS) is 11.3. The molecule has 0 aliphatic heterocycles. The number of carbonyl (C=O) groups excluding carboxylic acids is 2. The lowest BCUT2D eigenvalue weighted by Gasteiger charge is -2.18. The number of halogens is 1. The number of carbonyl (C=O) groups is 3. The molecule has 0 bridgehead atoms. The Kier molecular flexibility index (Phi) is 15.9. The highest BCUT2D eigenvalue weighted by Crippen LogP contribution is 2.42. The number of aliphatic hydroxyl groups excluding tert-OH is 1. The molecule has 1 heterocycles. The van der Waals surface area contributed by atoms with Gasteiger partial charge in [-0.1, -0.05) is 69.3 Å². The van der Waals surface area contributed by atoms with Gasteiger partial charge >= 0.3 is 5.97 Å². The molecule has 0 fully saturated rings. The topological polar surface area (TPSA) is 185 Å². The van der Waals surface area contributed by atoms with Crippen LogP contribution in [0.2, 0.25) is 0 Å². The smallest absolute Gasteiger partial charge is 0.322 e. The molecule has 0 saturated carbocycles. The lowest BCUT2D eigenvalue weighted by atomic mass is 9.94. The van der Waals surface area contributed by atoms with E-state index in [-0.39, 0.29) is 30.0 Å². The van der Waals surface area contributed by atoms with Crippen molar-refractivity contribution >= 4 is 29.4 Å². The summed E-state index contributed by atoms with van der Waals surface area (Å²) in [6, 6.07) is 25.2. The van der Waals surface area contributed by atoms with Crippen LogP contribution in [-0.4, -0.2) is 57.7 Å².